The first-order valence-electron chi connectivity index (χ1n) is 4.78. The summed E-state index contributed by atoms with van der Waals surface area (Å²) >= 11 is 0. The molecule has 0 amide bonds. The van der Waals surface area contributed by atoms with Crippen LogP contribution in [0.2, 0.25) is 0 Å². The quantitative estimate of drug-likeness (QED) is 0.548. The fraction of sp³-hybridized carbons (Fsp3) is 0.300. The number of fused-ring (bicyclic) bond motifs is 2. The average molecular weight is 188 g/mol. The fourth-order valence-electron chi connectivity index (χ4n) is 2.01. The molecule has 0 bridgehead atoms. The van der Waals surface area contributed by atoms with Gasteiger partial charge in [-0.3, -0.25) is 0 Å². The van der Waals surface area contributed by atoms with Crippen molar-refractivity contribution in [3.8, 4) is 0 Å². The number of rotatable bonds is 0. The summed E-state index contributed by atoms with van der Waals surface area (Å²) in [5.41, 5.74) is 14.2. The number of benzene rings is 1. The van der Waals surface area contributed by atoms with Gasteiger partial charge in [-0.05, 0) is 18.1 Å². The molecular formula is C10H12N4. The summed E-state index contributed by atoms with van der Waals surface area (Å²) in [4.78, 5) is 4.52. The third-order valence-electron chi connectivity index (χ3n) is 2.82. The van der Waals surface area contributed by atoms with Gasteiger partial charge in [0.1, 0.15) is 5.84 Å². The van der Waals surface area contributed by atoms with Crippen molar-refractivity contribution in [2.75, 3.05) is 0 Å². The number of hydrogen-bond acceptors (Lipinski definition) is 4. The summed E-state index contributed by atoms with van der Waals surface area (Å²) in [7, 11) is 0. The van der Waals surface area contributed by atoms with E-state index in [4.69, 9.17) is 5.73 Å². The molecule has 0 spiro atoms. The summed E-state index contributed by atoms with van der Waals surface area (Å²) < 4.78 is 0. The predicted octanol–water partition coefficient (Wildman–Crippen LogP) is 0.281. The predicted molar refractivity (Wildman–Crippen MR) is 55.0 cm³/mol. The molecule has 2 atom stereocenters. The SMILES string of the molecule is NC1NNC2=Nc3ccccc3CC21. The first-order chi connectivity index (χ1) is 6.84. The van der Waals surface area contributed by atoms with Crippen LogP contribution < -0.4 is 16.6 Å². The van der Waals surface area contributed by atoms with Crippen LogP contribution in [0.15, 0.2) is 29.3 Å². The Kier molecular flexibility index (Phi) is 1.59. The number of nitrogens with zero attached hydrogens (tertiary/aromatic N) is 1. The zero-order valence-corrected chi connectivity index (χ0v) is 7.70. The van der Waals surface area contributed by atoms with Gasteiger partial charge in [0, 0.05) is 0 Å². The molecule has 1 aromatic rings. The average Bonchev–Trinajstić information content (AvgIpc) is 2.57. The van der Waals surface area contributed by atoms with E-state index >= 15 is 0 Å². The van der Waals surface area contributed by atoms with E-state index in [-0.39, 0.29) is 6.17 Å². The molecule has 2 aliphatic rings. The van der Waals surface area contributed by atoms with Crippen LogP contribution >= 0.6 is 0 Å². The van der Waals surface area contributed by atoms with Crippen LogP contribution in [-0.2, 0) is 6.42 Å². The summed E-state index contributed by atoms with van der Waals surface area (Å²) in [6.45, 7) is 0. The maximum Gasteiger partial charge on any atom is 0.123 e. The Morgan fingerprint density at radius 1 is 1.36 bits per heavy atom. The molecular weight excluding hydrogens is 176 g/mol. The maximum atomic E-state index is 5.89. The van der Waals surface area contributed by atoms with Crippen molar-refractivity contribution in [1.82, 2.24) is 10.9 Å². The van der Waals surface area contributed by atoms with Crippen LogP contribution in [0.1, 0.15) is 5.56 Å². The van der Waals surface area contributed by atoms with E-state index in [1.165, 1.54) is 5.56 Å². The summed E-state index contributed by atoms with van der Waals surface area (Å²) in [5.74, 6) is 1.26. The van der Waals surface area contributed by atoms with Gasteiger partial charge >= 0.3 is 0 Å². The van der Waals surface area contributed by atoms with E-state index in [0.717, 1.165) is 17.9 Å². The van der Waals surface area contributed by atoms with Gasteiger partial charge in [-0.1, -0.05) is 18.2 Å². The molecule has 4 nitrogen and oxygen atoms in total. The van der Waals surface area contributed by atoms with Gasteiger partial charge in [-0.25, -0.2) is 10.4 Å². The molecule has 1 fully saturated rings. The first kappa shape index (κ1) is 7.96. The van der Waals surface area contributed by atoms with Crippen molar-refractivity contribution in [2.45, 2.75) is 12.6 Å². The lowest BCUT2D eigenvalue weighted by atomic mass is 9.93. The highest BCUT2D eigenvalue weighted by molar-refractivity contribution is 5.91. The number of hydrogen-bond donors (Lipinski definition) is 3. The molecule has 1 saturated heterocycles. The van der Waals surface area contributed by atoms with Crippen molar-refractivity contribution in [1.29, 1.82) is 0 Å². The minimum atomic E-state index is -0.0258. The lowest BCUT2D eigenvalue weighted by molar-refractivity contribution is 0.484. The van der Waals surface area contributed by atoms with Crippen molar-refractivity contribution in [3.05, 3.63) is 29.8 Å². The summed E-state index contributed by atoms with van der Waals surface area (Å²) in [5, 5.41) is 0. The number of amidine groups is 1. The standard InChI is InChI=1S/C10H12N4/c11-9-7-5-6-3-1-2-4-8(6)12-10(7)14-13-9/h1-4,7,9,13H,5,11H2,(H,12,14). The maximum absolute atomic E-state index is 5.89. The second kappa shape index (κ2) is 2.80. The van der Waals surface area contributed by atoms with Gasteiger partial charge in [0.15, 0.2) is 0 Å². The molecule has 4 heteroatoms. The van der Waals surface area contributed by atoms with E-state index in [0.29, 0.717) is 5.92 Å². The molecule has 1 aromatic carbocycles. The topological polar surface area (TPSA) is 62.4 Å². The van der Waals surface area contributed by atoms with Gasteiger partial charge in [0.25, 0.3) is 0 Å². The number of aliphatic imine (C=N–C) groups is 1. The van der Waals surface area contributed by atoms with Crippen LogP contribution in [0.4, 0.5) is 5.69 Å². The van der Waals surface area contributed by atoms with Gasteiger partial charge < -0.3 is 11.2 Å². The lowest BCUT2D eigenvalue weighted by Crippen LogP contribution is -2.39. The highest BCUT2D eigenvalue weighted by Gasteiger charge is 2.33. The third-order valence-corrected chi connectivity index (χ3v) is 2.82. The molecule has 14 heavy (non-hydrogen) atoms. The molecule has 0 saturated carbocycles. The Hall–Kier alpha value is -1.39. The molecule has 0 aliphatic carbocycles. The van der Waals surface area contributed by atoms with Crippen molar-refractivity contribution in [2.24, 2.45) is 16.6 Å². The highest BCUT2D eigenvalue weighted by atomic mass is 15.5. The fourth-order valence-corrected chi connectivity index (χ4v) is 2.01. The Morgan fingerprint density at radius 2 is 2.21 bits per heavy atom. The minimum Gasteiger partial charge on any atom is -0.314 e. The van der Waals surface area contributed by atoms with E-state index in [2.05, 4.69) is 21.9 Å². The molecule has 3 rings (SSSR count). The van der Waals surface area contributed by atoms with Crippen LogP contribution in [0.5, 0.6) is 0 Å². The highest BCUT2D eigenvalue weighted by Crippen LogP contribution is 2.29. The Bertz CT molecular complexity index is 399. The number of nitrogens with one attached hydrogen (secondary N) is 2. The van der Waals surface area contributed by atoms with Gasteiger partial charge in [-0.2, -0.15) is 0 Å². The number of nitrogens with two attached hydrogens (primary N) is 1. The normalized spacial score (nSPS) is 28.8. The number of para-hydroxylation sites is 1. The van der Waals surface area contributed by atoms with Crippen molar-refractivity contribution >= 4 is 11.5 Å². The van der Waals surface area contributed by atoms with E-state index in [1.54, 1.807) is 0 Å². The Labute approximate surface area is 82.2 Å². The second-order valence-electron chi connectivity index (χ2n) is 3.73. The molecule has 72 valence electrons. The van der Waals surface area contributed by atoms with E-state index in [9.17, 15) is 0 Å². The van der Waals surface area contributed by atoms with E-state index in [1.807, 2.05) is 18.2 Å². The summed E-state index contributed by atoms with van der Waals surface area (Å²) in [6.07, 6.45) is 0.943. The van der Waals surface area contributed by atoms with Crippen LogP contribution in [0.25, 0.3) is 0 Å². The van der Waals surface area contributed by atoms with Crippen LogP contribution in [0.3, 0.4) is 0 Å². The lowest BCUT2D eigenvalue weighted by Gasteiger charge is -2.19. The largest absolute Gasteiger partial charge is 0.314 e. The van der Waals surface area contributed by atoms with Crippen LogP contribution in [-0.4, -0.2) is 12.0 Å². The molecule has 4 N–H and O–H groups in total. The van der Waals surface area contributed by atoms with Gasteiger partial charge in [0.05, 0.1) is 17.8 Å². The van der Waals surface area contributed by atoms with Gasteiger partial charge in [-0.15, -0.1) is 0 Å². The Balaban J connectivity index is 2.07. The third kappa shape index (κ3) is 1.05. The first-order valence-corrected chi connectivity index (χ1v) is 4.78. The summed E-state index contributed by atoms with van der Waals surface area (Å²) in [6, 6.07) is 8.19. The second-order valence-corrected chi connectivity index (χ2v) is 3.73. The molecule has 0 radical (unpaired) electrons. The van der Waals surface area contributed by atoms with Gasteiger partial charge in [0.2, 0.25) is 0 Å². The monoisotopic (exact) mass is 188 g/mol. The Morgan fingerprint density at radius 3 is 3.14 bits per heavy atom. The van der Waals surface area contributed by atoms with E-state index < -0.39 is 0 Å². The van der Waals surface area contributed by atoms with Crippen molar-refractivity contribution in [3.63, 3.8) is 0 Å². The van der Waals surface area contributed by atoms with Crippen LogP contribution in [0, 0.1) is 5.92 Å². The zero-order chi connectivity index (χ0) is 9.54. The zero-order valence-electron chi connectivity index (χ0n) is 7.70. The van der Waals surface area contributed by atoms with Crippen molar-refractivity contribution < 1.29 is 0 Å². The number of hydrazine groups is 1. The molecule has 2 aliphatic heterocycles. The molecule has 2 unspecified atom stereocenters. The minimum absolute atomic E-state index is 0.0258. The smallest absolute Gasteiger partial charge is 0.123 e. The molecule has 2 heterocycles. The molecule has 0 aromatic heterocycles.